The first kappa shape index (κ1) is 14.6. The van der Waals surface area contributed by atoms with E-state index in [1.165, 1.54) is 18.2 Å². The second-order valence-corrected chi connectivity index (χ2v) is 4.39. The first-order valence-corrected chi connectivity index (χ1v) is 6.08. The van der Waals surface area contributed by atoms with Crippen LogP contribution in [0.25, 0.3) is 0 Å². The Morgan fingerprint density at radius 2 is 2.11 bits per heavy atom. The van der Waals surface area contributed by atoms with Crippen molar-refractivity contribution in [2.24, 2.45) is 5.41 Å². The first-order valence-electron chi connectivity index (χ1n) is 6.08. The number of carbonyl (C=O) groups is 1. The molecule has 1 amide bonds. The Kier molecular flexibility index (Phi) is 5.22. The van der Waals surface area contributed by atoms with Gasteiger partial charge in [-0.3, -0.25) is 4.79 Å². The summed E-state index contributed by atoms with van der Waals surface area (Å²) in [5.74, 6) is -1.10. The molecular formula is C13H19FN2O2. The molecule has 0 fully saturated rings. The molecule has 0 aliphatic rings. The highest BCUT2D eigenvalue weighted by Crippen LogP contribution is 2.24. The van der Waals surface area contributed by atoms with E-state index < -0.39 is 11.9 Å². The van der Waals surface area contributed by atoms with Crippen LogP contribution in [0.4, 0.5) is 4.39 Å². The molecule has 1 rings (SSSR count). The fraction of sp³-hybridized carbons (Fsp3) is 0.538. The molecule has 1 heterocycles. The van der Waals surface area contributed by atoms with Crippen molar-refractivity contribution in [3.05, 3.63) is 29.8 Å². The minimum absolute atomic E-state index is 0.0108. The van der Waals surface area contributed by atoms with Gasteiger partial charge in [-0.25, -0.2) is 4.98 Å². The topological polar surface area (TPSA) is 62.2 Å². The molecule has 5 heteroatoms. The number of carbonyl (C=O) groups excluding carboxylic acids is 1. The Hall–Kier alpha value is -1.49. The predicted octanol–water partition coefficient (Wildman–Crippen LogP) is 1.75. The van der Waals surface area contributed by atoms with Gasteiger partial charge in [0.15, 0.2) is 0 Å². The molecule has 4 nitrogen and oxygen atoms in total. The Bertz CT molecular complexity index is 397. The normalized spacial score (nSPS) is 11.3. The van der Waals surface area contributed by atoms with E-state index in [-0.39, 0.29) is 17.7 Å². The molecule has 100 valence electrons. The number of pyridine rings is 1. The van der Waals surface area contributed by atoms with Crippen LogP contribution in [0.15, 0.2) is 18.2 Å². The van der Waals surface area contributed by atoms with Crippen LogP contribution < -0.4 is 5.32 Å². The highest BCUT2D eigenvalue weighted by Gasteiger charge is 2.26. The molecular weight excluding hydrogens is 235 g/mol. The summed E-state index contributed by atoms with van der Waals surface area (Å²) in [6, 6.07) is 4.08. The average molecular weight is 254 g/mol. The standard InChI is InChI=1S/C13H19FN2O2/c1-3-13(4-2,9-17)8-15-12(18)10-6-5-7-11(14)16-10/h5-7,17H,3-4,8-9H2,1-2H3,(H,15,18). The minimum Gasteiger partial charge on any atom is -0.396 e. The number of nitrogens with one attached hydrogen (secondary N) is 1. The molecule has 0 saturated heterocycles. The molecule has 0 aliphatic carbocycles. The van der Waals surface area contributed by atoms with Crippen LogP contribution >= 0.6 is 0 Å². The molecule has 0 unspecified atom stereocenters. The van der Waals surface area contributed by atoms with Crippen molar-refractivity contribution in [3.8, 4) is 0 Å². The lowest BCUT2D eigenvalue weighted by atomic mass is 9.83. The van der Waals surface area contributed by atoms with Crippen LogP contribution in [-0.4, -0.2) is 29.1 Å². The van der Waals surface area contributed by atoms with Crippen molar-refractivity contribution in [2.75, 3.05) is 13.2 Å². The Morgan fingerprint density at radius 3 is 2.61 bits per heavy atom. The van der Waals surface area contributed by atoms with Gasteiger partial charge in [0, 0.05) is 12.0 Å². The van der Waals surface area contributed by atoms with Gasteiger partial charge in [0.1, 0.15) is 5.69 Å². The predicted molar refractivity (Wildman–Crippen MR) is 66.6 cm³/mol. The summed E-state index contributed by atoms with van der Waals surface area (Å²) in [5, 5.41) is 12.1. The molecule has 0 spiro atoms. The zero-order valence-corrected chi connectivity index (χ0v) is 10.7. The van der Waals surface area contributed by atoms with Gasteiger partial charge in [-0.15, -0.1) is 0 Å². The fourth-order valence-corrected chi connectivity index (χ4v) is 1.67. The van der Waals surface area contributed by atoms with Gasteiger partial charge in [0.2, 0.25) is 5.95 Å². The van der Waals surface area contributed by atoms with Gasteiger partial charge >= 0.3 is 0 Å². The molecule has 2 N–H and O–H groups in total. The largest absolute Gasteiger partial charge is 0.396 e. The van der Waals surface area contributed by atoms with Crippen molar-refractivity contribution < 1.29 is 14.3 Å². The van der Waals surface area contributed by atoms with Crippen molar-refractivity contribution in [2.45, 2.75) is 26.7 Å². The molecule has 0 aromatic carbocycles. The molecule has 0 aliphatic heterocycles. The van der Waals surface area contributed by atoms with Crippen LogP contribution in [0.1, 0.15) is 37.2 Å². The molecule has 0 saturated carbocycles. The lowest BCUT2D eigenvalue weighted by Gasteiger charge is -2.29. The number of nitrogens with zero attached hydrogens (tertiary/aromatic N) is 1. The second-order valence-electron chi connectivity index (χ2n) is 4.39. The minimum atomic E-state index is -0.679. The van der Waals surface area contributed by atoms with E-state index in [1.54, 1.807) is 0 Å². The first-order chi connectivity index (χ1) is 8.56. The van der Waals surface area contributed by atoms with Gasteiger partial charge in [-0.1, -0.05) is 19.9 Å². The van der Waals surface area contributed by atoms with Crippen molar-refractivity contribution in [1.82, 2.24) is 10.3 Å². The summed E-state index contributed by atoms with van der Waals surface area (Å²) >= 11 is 0. The van der Waals surface area contributed by atoms with E-state index in [9.17, 15) is 14.3 Å². The van der Waals surface area contributed by atoms with Crippen LogP contribution in [-0.2, 0) is 0 Å². The van der Waals surface area contributed by atoms with Crippen molar-refractivity contribution in [1.29, 1.82) is 0 Å². The van der Waals surface area contributed by atoms with E-state index in [2.05, 4.69) is 10.3 Å². The Morgan fingerprint density at radius 1 is 1.44 bits per heavy atom. The highest BCUT2D eigenvalue weighted by molar-refractivity contribution is 5.92. The fourth-order valence-electron chi connectivity index (χ4n) is 1.67. The van der Waals surface area contributed by atoms with E-state index >= 15 is 0 Å². The number of halogens is 1. The Labute approximate surface area is 106 Å². The molecule has 1 aromatic heterocycles. The van der Waals surface area contributed by atoms with E-state index in [1.807, 2.05) is 13.8 Å². The van der Waals surface area contributed by atoms with Gasteiger partial charge in [0.05, 0.1) is 6.61 Å². The van der Waals surface area contributed by atoms with Gasteiger partial charge in [-0.05, 0) is 25.0 Å². The molecule has 18 heavy (non-hydrogen) atoms. The summed E-state index contributed by atoms with van der Waals surface area (Å²) in [7, 11) is 0. The number of aromatic nitrogens is 1. The monoisotopic (exact) mass is 254 g/mol. The summed E-state index contributed by atoms with van der Waals surface area (Å²) in [6.07, 6.45) is 1.52. The second kappa shape index (κ2) is 6.44. The average Bonchev–Trinajstić information content (AvgIpc) is 2.40. The van der Waals surface area contributed by atoms with Crippen LogP contribution in [0, 0.1) is 11.4 Å². The number of amides is 1. The van der Waals surface area contributed by atoms with E-state index in [0.717, 1.165) is 12.8 Å². The maximum Gasteiger partial charge on any atom is 0.270 e. The smallest absolute Gasteiger partial charge is 0.270 e. The highest BCUT2D eigenvalue weighted by atomic mass is 19.1. The molecule has 0 radical (unpaired) electrons. The third-order valence-corrected chi connectivity index (χ3v) is 3.41. The third-order valence-electron chi connectivity index (χ3n) is 3.41. The number of hydrogen-bond acceptors (Lipinski definition) is 3. The van der Waals surface area contributed by atoms with Gasteiger partial charge in [0.25, 0.3) is 5.91 Å². The van der Waals surface area contributed by atoms with Crippen molar-refractivity contribution >= 4 is 5.91 Å². The van der Waals surface area contributed by atoms with E-state index in [4.69, 9.17) is 0 Å². The quantitative estimate of drug-likeness (QED) is 0.760. The Balaban J connectivity index is 2.66. The summed E-state index contributed by atoms with van der Waals surface area (Å²) < 4.78 is 12.9. The lowest BCUT2D eigenvalue weighted by molar-refractivity contribution is 0.0846. The zero-order chi connectivity index (χ0) is 13.6. The van der Waals surface area contributed by atoms with Crippen LogP contribution in [0.2, 0.25) is 0 Å². The third kappa shape index (κ3) is 3.50. The molecule has 0 atom stereocenters. The molecule has 1 aromatic rings. The number of rotatable bonds is 6. The maximum absolute atomic E-state index is 12.9. The summed E-state index contributed by atoms with van der Waals surface area (Å²) in [5.41, 5.74) is -0.266. The number of aliphatic hydroxyl groups is 1. The number of aliphatic hydroxyl groups excluding tert-OH is 1. The summed E-state index contributed by atoms with van der Waals surface area (Å²) in [4.78, 5) is 15.3. The van der Waals surface area contributed by atoms with Crippen molar-refractivity contribution in [3.63, 3.8) is 0 Å². The van der Waals surface area contributed by atoms with Crippen LogP contribution in [0.5, 0.6) is 0 Å². The maximum atomic E-state index is 12.9. The zero-order valence-electron chi connectivity index (χ0n) is 10.7. The van der Waals surface area contributed by atoms with Gasteiger partial charge in [-0.2, -0.15) is 4.39 Å². The number of hydrogen-bond donors (Lipinski definition) is 2. The lowest BCUT2D eigenvalue weighted by Crippen LogP contribution is -2.39. The van der Waals surface area contributed by atoms with Gasteiger partial charge < -0.3 is 10.4 Å². The van der Waals surface area contributed by atoms with Crippen LogP contribution in [0.3, 0.4) is 0 Å². The summed E-state index contributed by atoms with van der Waals surface area (Å²) in [6.45, 7) is 4.29. The molecule has 0 bridgehead atoms. The van der Waals surface area contributed by atoms with E-state index in [0.29, 0.717) is 6.54 Å². The SMILES string of the molecule is CCC(CC)(CO)CNC(=O)c1cccc(F)n1.